The molecule has 0 unspecified atom stereocenters. The highest BCUT2D eigenvalue weighted by Gasteiger charge is 2.08. The number of hydrogen-bond acceptors (Lipinski definition) is 8. The summed E-state index contributed by atoms with van der Waals surface area (Å²) in [6, 6.07) is 6.45. The molecule has 11 heteroatoms. The molecule has 0 spiro atoms. The van der Waals surface area contributed by atoms with Crippen molar-refractivity contribution in [3.05, 3.63) is 52.1 Å². The first-order chi connectivity index (χ1) is 15.9. The molecule has 0 saturated heterocycles. The van der Waals surface area contributed by atoms with Crippen molar-refractivity contribution >= 4 is 34.7 Å². The van der Waals surface area contributed by atoms with E-state index < -0.39 is 24.0 Å². The van der Waals surface area contributed by atoms with Gasteiger partial charge in [-0.15, -0.1) is 0 Å². The first-order valence-electron chi connectivity index (χ1n) is 10.8. The van der Waals surface area contributed by atoms with Crippen molar-refractivity contribution in [2.24, 2.45) is 0 Å². The number of nitrogen functional groups attached to an aromatic ring is 1. The van der Waals surface area contributed by atoms with Crippen LogP contribution in [0.3, 0.4) is 0 Å². The van der Waals surface area contributed by atoms with E-state index >= 15 is 0 Å². The van der Waals surface area contributed by atoms with Crippen LogP contribution < -0.4 is 21.9 Å². The van der Waals surface area contributed by atoms with Gasteiger partial charge < -0.3 is 21.5 Å². The smallest absolute Gasteiger partial charge is 0.322 e. The van der Waals surface area contributed by atoms with Crippen LogP contribution in [0, 0.1) is 0 Å². The molecule has 0 saturated carbocycles. The van der Waals surface area contributed by atoms with Gasteiger partial charge in [0, 0.05) is 11.3 Å². The van der Waals surface area contributed by atoms with Gasteiger partial charge in [-0.05, 0) is 24.3 Å². The molecule has 180 valence electrons. The molecule has 0 aliphatic heterocycles. The zero-order valence-corrected chi connectivity index (χ0v) is 19.9. The van der Waals surface area contributed by atoms with E-state index in [0.29, 0.717) is 16.9 Å². The van der Waals surface area contributed by atoms with Crippen molar-refractivity contribution in [2.45, 2.75) is 48.1 Å². The highest BCUT2D eigenvalue weighted by molar-refractivity contribution is 5.96. The van der Waals surface area contributed by atoms with Crippen LogP contribution in [-0.2, 0) is 11.3 Å². The second-order valence-corrected chi connectivity index (χ2v) is 5.49. The molecule has 33 heavy (non-hydrogen) atoms. The second-order valence-electron chi connectivity index (χ2n) is 5.49. The highest BCUT2D eigenvalue weighted by Crippen LogP contribution is 2.11. The summed E-state index contributed by atoms with van der Waals surface area (Å²) in [7, 11) is 0. The zero-order chi connectivity index (χ0) is 25.4. The number of fused-ring (bicyclic) bond motifs is 1. The molecule has 3 rings (SSSR count). The topological polar surface area (TPSA) is 176 Å². The van der Waals surface area contributed by atoms with Gasteiger partial charge in [0.25, 0.3) is 11.5 Å². The molecule has 0 aliphatic rings. The monoisotopic (exact) mass is 459 g/mol. The molecule has 0 bridgehead atoms. The first kappa shape index (κ1) is 29.0. The Morgan fingerprint density at radius 3 is 2.21 bits per heavy atom. The Labute approximate surface area is 192 Å². The molecule has 1 aromatic carbocycles. The molecule has 11 nitrogen and oxygen atoms in total. The van der Waals surface area contributed by atoms with Crippen molar-refractivity contribution in [3.63, 3.8) is 0 Å². The summed E-state index contributed by atoms with van der Waals surface area (Å²) in [4.78, 5) is 48.6. The number of hydrogen-bond donors (Lipinski definition) is 5. The maximum absolute atomic E-state index is 11.8. The number of nitrogens with zero attached hydrogens (tertiary/aromatic N) is 3. The van der Waals surface area contributed by atoms with E-state index in [1.165, 1.54) is 6.20 Å². The largest absolute Gasteiger partial charge is 0.480 e. The molecule has 6 N–H and O–H groups in total. The predicted octanol–water partition coefficient (Wildman–Crippen LogP) is 2.80. The minimum Gasteiger partial charge on any atom is -0.480 e. The summed E-state index contributed by atoms with van der Waals surface area (Å²) < 4.78 is 0. The molecule has 3 aromatic rings. The minimum absolute atomic E-state index is 0.0276. The molecular formula is C22H33N7O4. The van der Waals surface area contributed by atoms with E-state index in [0.717, 1.165) is 0 Å². The maximum Gasteiger partial charge on any atom is 0.322 e. The summed E-state index contributed by atoms with van der Waals surface area (Å²) in [5, 5.41) is 13.9. The van der Waals surface area contributed by atoms with E-state index in [-0.39, 0.29) is 23.7 Å². The van der Waals surface area contributed by atoms with Crippen LogP contribution in [0.1, 0.15) is 57.6 Å². The van der Waals surface area contributed by atoms with E-state index in [2.05, 4.69) is 30.6 Å². The second kappa shape index (κ2) is 15.7. The molecule has 0 fully saturated rings. The normalized spacial score (nSPS) is 9.15. The summed E-state index contributed by atoms with van der Waals surface area (Å²) in [5.74, 6) is -1.62. The predicted molar refractivity (Wildman–Crippen MR) is 130 cm³/mol. The Balaban J connectivity index is 0.00000158. The number of carboxylic acids is 1. The van der Waals surface area contributed by atoms with Gasteiger partial charge in [0.05, 0.1) is 18.4 Å². The van der Waals surface area contributed by atoms with Crippen LogP contribution in [-0.4, -0.2) is 43.5 Å². The Hall–Kier alpha value is -4.02. The third kappa shape index (κ3) is 9.33. The number of nitrogens with two attached hydrogens (primary N) is 1. The van der Waals surface area contributed by atoms with Crippen molar-refractivity contribution in [3.8, 4) is 0 Å². The summed E-state index contributed by atoms with van der Waals surface area (Å²) in [6.07, 6.45) is 1.48. The molecule has 0 atom stereocenters. The first-order valence-corrected chi connectivity index (χ1v) is 10.8. The lowest BCUT2D eigenvalue weighted by Gasteiger charge is -2.08. The lowest BCUT2D eigenvalue weighted by molar-refractivity contribution is -0.135. The van der Waals surface area contributed by atoms with Crippen LogP contribution in [0.2, 0.25) is 0 Å². The quantitative estimate of drug-likeness (QED) is 0.371. The number of rotatable bonds is 6. The minimum atomic E-state index is -1.12. The fourth-order valence-corrected chi connectivity index (χ4v) is 2.25. The van der Waals surface area contributed by atoms with Crippen molar-refractivity contribution in [1.82, 2.24) is 25.3 Å². The number of anilines is 2. The van der Waals surface area contributed by atoms with Crippen LogP contribution in [0.4, 0.5) is 11.6 Å². The number of nitrogens with one attached hydrogen (secondary N) is 3. The number of aliphatic carboxylic acids is 1. The molecular weight excluding hydrogens is 426 g/mol. The third-order valence-corrected chi connectivity index (χ3v) is 3.51. The Morgan fingerprint density at radius 2 is 1.64 bits per heavy atom. The number of carbonyl (C=O) groups is 2. The molecule has 0 radical (unpaired) electrons. The highest BCUT2D eigenvalue weighted by atomic mass is 16.4. The number of amides is 1. The fraction of sp³-hybridized carbons (Fsp3) is 0.364. The number of carboxylic acid groups (broad SMARTS) is 1. The van der Waals surface area contributed by atoms with Crippen LogP contribution in [0.25, 0.3) is 11.2 Å². The molecule has 1 amide bonds. The molecule has 2 aromatic heterocycles. The summed E-state index contributed by atoms with van der Waals surface area (Å²) in [5.41, 5.74) is 6.80. The van der Waals surface area contributed by atoms with Gasteiger partial charge >= 0.3 is 5.97 Å². The zero-order valence-electron chi connectivity index (χ0n) is 19.9. The fourth-order valence-electron chi connectivity index (χ4n) is 2.25. The van der Waals surface area contributed by atoms with Crippen molar-refractivity contribution < 1.29 is 14.7 Å². The Bertz CT molecular complexity index is 1070. The average molecular weight is 460 g/mol. The molecule has 2 heterocycles. The van der Waals surface area contributed by atoms with Gasteiger partial charge in [-0.1, -0.05) is 41.5 Å². The van der Waals surface area contributed by atoms with Crippen LogP contribution in [0.15, 0.2) is 35.3 Å². The number of aromatic nitrogens is 4. The number of carbonyl (C=O) groups excluding carboxylic acids is 1. The lowest BCUT2D eigenvalue weighted by Crippen LogP contribution is -2.29. The van der Waals surface area contributed by atoms with E-state index in [1.54, 1.807) is 24.3 Å². The van der Waals surface area contributed by atoms with E-state index in [1.807, 2.05) is 41.5 Å². The number of aromatic amines is 1. The van der Waals surface area contributed by atoms with Gasteiger partial charge in [0.15, 0.2) is 11.2 Å². The standard InChI is InChI=1S/C16H15N7O4.3C2H6/c17-16-22-13-12(15(27)23-16)21-10(6-19-13)5-18-9-3-1-8(2-4-9)14(26)20-7-11(24)25;3*1-2/h1-4,6,18H,5,7H2,(H,20,26)(H,24,25)(H3,17,19,22,23,27);3*1-2H3. The third-order valence-electron chi connectivity index (χ3n) is 3.51. The van der Waals surface area contributed by atoms with Gasteiger partial charge in [0.2, 0.25) is 5.95 Å². The average Bonchev–Trinajstić information content (AvgIpc) is 2.85. The van der Waals surface area contributed by atoms with Gasteiger partial charge in [0.1, 0.15) is 6.54 Å². The lowest BCUT2D eigenvalue weighted by atomic mass is 10.2. The molecule has 0 aliphatic carbocycles. The number of H-pyrrole nitrogens is 1. The van der Waals surface area contributed by atoms with Crippen molar-refractivity contribution in [2.75, 3.05) is 17.6 Å². The van der Waals surface area contributed by atoms with Crippen molar-refractivity contribution in [1.29, 1.82) is 0 Å². The van der Waals surface area contributed by atoms with Gasteiger partial charge in [-0.3, -0.25) is 19.4 Å². The van der Waals surface area contributed by atoms with E-state index in [4.69, 9.17) is 10.8 Å². The number of benzene rings is 1. The van der Waals surface area contributed by atoms with E-state index in [9.17, 15) is 14.4 Å². The summed E-state index contributed by atoms with van der Waals surface area (Å²) in [6.45, 7) is 11.8. The Kier molecular flexibility index (Phi) is 13.8. The maximum atomic E-state index is 11.8. The summed E-state index contributed by atoms with van der Waals surface area (Å²) >= 11 is 0. The SMILES string of the molecule is CC.CC.CC.Nc1nc2ncc(CNc3ccc(C(=O)NCC(=O)O)cc3)nc2c(=O)[nH]1. The van der Waals surface area contributed by atoms with Gasteiger partial charge in [-0.25, -0.2) is 9.97 Å². The van der Waals surface area contributed by atoms with Crippen LogP contribution in [0.5, 0.6) is 0 Å². The Morgan fingerprint density at radius 1 is 1.03 bits per heavy atom. The van der Waals surface area contributed by atoms with Gasteiger partial charge in [-0.2, -0.15) is 4.98 Å². The van der Waals surface area contributed by atoms with Crippen LogP contribution >= 0.6 is 0 Å².